The largest absolute Gasteiger partial charge is 0.459 e. The van der Waals surface area contributed by atoms with E-state index in [1.165, 1.54) is 0 Å². The summed E-state index contributed by atoms with van der Waals surface area (Å²) in [6.07, 6.45) is 0.419. The van der Waals surface area contributed by atoms with Gasteiger partial charge in [-0.2, -0.15) is 0 Å². The summed E-state index contributed by atoms with van der Waals surface area (Å²) in [5.74, 6) is -0.393. The zero-order valence-electron chi connectivity index (χ0n) is 10.2. The monoisotopic (exact) mass is 238 g/mol. The molecule has 15 heavy (non-hydrogen) atoms. The van der Waals surface area contributed by atoms with Crippen molar-refractivity contribution in [1.29, 1.82) is 0 Å². The quantitative estimate of drug-likeness (QED) is 0.725. The van der Waals surface area contributed by atoms with Crippen molar-refractivity contribution < 1.29 is 9.53 Å². The number of hydrogen-bond donors (Lipinski definition) is 2. The van der Waals surface area contributed by atoms with E-state index in [-0.39, 0.29) is 12.4 Å². The van der Waals surface area contributed by atoms with Crippen LogP contribution in [0.25, 0.3) is 0 Å². The minimum Gasteiger partial charge on any atom is -0.459 e. The minimum absolute atomic E-state index is 0. The van der Waals surface area contributed by atoms with Gasteiger partial charge in [0.2, 0.25) is 0 Å². The molecule has 4 N–H and O–H groups in total. The average molecular weight is 239 g/mol. The Morgan fingerprint density at radius 2 is 1.67 bits per heavy atom. The number of hydrogen-bond acceptors (Lipinski definition) is 4. The summed E-state index contributed by atoms with van der Waals surface area (Å²) in [7, 11) is 0. The van der Waals surface area contributed by atoms with Gasteiger partial charge in [0.1, 0.15) is 11.6 Å². The van der Waals surface area contributed by atoms with Gasteiger partial charge in [-0.3, -0.25) is 4.79 Å². The molecule has 0 aromatic rings. The fourth-order valence-corrected chi connectivity index (χ4v) is 1.03. The molecule has 0 saturated heterocycles. The highest BCUT2D eigenvalue weighted by Crippen LogP contribution is 2.12. The Morgan fingerprint density at radius 1 is 1.27 bits per heavy atom. The second kappa shape index (κ2) is 5.68. The summed E-state index contributed by atoms with van der Waals surface area (Å²) >= 11 is 0. The lowest BCUT2D eigenvalue weighted by Gasteiger charge is -2.26. The summed E-state index contributed by atoms with van der Waals surface area (Å²) in [5.41, 5.74) is 10.5. The molecule has 0 aromatic carbocycles. The maximum atomic E-state index is 11.4. The summed E-state index contributed by atoms with van der Waals surface area (Å²) in [6.45, 7) is 9.09. The van der Waals surface area contributed by atoms with Crippen LogP contribution in [0, 0.1) is 0 Å². The van der Waals surface area contributed by atoms with Crippen molar-refractivity contribution in [3.05, 3.63) is 0 Å². The van der Waals surface area contributed by atoms with Gasteiger partial charge < -0.3 is 16.2 Å². The van der Waals surface area contributed by atoms with Crippen LogP contribution < -0.4 is 11.5 Å². The van der Waals surface area contributed by atoms with E-state index in [4.69, 9.17) is 16.2 Å². The van der Waals surface area contributed by atoms with Gasteiger partial charge in [0, 0.05) is 5.54 Å². The molecule has 0 aliphatic heterocycles. The van der Waals surface area contributed by atoms with Gasteiger partial charge in [-0.1, -0.05) is 0 Å². The highest BCUT2D eigenvalue weighted by Gasteiger charge is 2.26. The lowest BCUT2D eigenvalue weighted by molar-refractivity contribution is -0.156. The van der Waals surface area contributed by atoms with Crippen LogP contribution in [0.15, 0.2) is 0 Å². The van der Waals surface area contributed by atoms with Gasteiger partial charge in [-0.15, -0.1) is 12.4 Å². The highest BCUT2D eigenvalue weighted by atomic mass is 35.5. The number of ether oxygens (including phenoxy) is 1. The molecule has 0 spiro atoms. The third kappa shape index (κ3) is 9.97. The smallest absolute Gasteiger partial charge is 0.323 e. The van der Waals surface area contributed by atoms with E-state index in [2.05, 4.69) is 0 Å². The first-order valence-electron chi connectivity index (χ1n) is 4.78. The van der Waals surface area contributed by atoms with E-state index in [0.717, 1.165) is 0 Å². The molecule has 5 heteroatoms. The molecule has 1 atom stereocenters. The Labute approximate surface area is 98.1 Å². The average Bonchev–Trinajstić information content (AvgIpc) is 1.78. The van der Waals surface area contributed by atoms with E-state index in [1.54, 1.807) is 0 Å². The fourth-order valence-electron chi connectivity index (χ4n) is 1.03. The fraction of sp³-hybridized carbons (Fsp3) is 0.900. The molecular weight excluding hydrogens is 216 g/mol. The van der Waals surface area contributed by atoms with E-state index in [1.807, 2.05) is 34.6 Å². The number of rotatable bonds is 3. The third-order valence-corrected chi connectivity index (χ3v) is 1.46. The van der Waals surface area contributed by atoms with Gasteiger partial charge in [0.25, 0.3) is 0 Å². The van der Waals surface area contributed by atoms with Crippen molar-refractivity contribution in [3.8, 4) is 0 Å². The Morgan fingerprint density at radius 3 is 1.93 bits per heavy atom. The maximum absolute atomic E-state index is 11.4. The van der Waals surface area contributed by atoms with Crippen molar-refractivity contribution in [2.24, 2.45) is 11.5 Å². The van der Waals surface area contributed by atoms with Crippen molar-refractivity contribution in [2.75, 3.05) is 0 Å². The minimum atomic E-state index is -0.644. The third-order valence-electron chi connectivity index (χ3n) is 1.46. The number of esters is 1. The normalized spacial score (nSPS) is 14.1. The van der Waals surface area contributed by atoms with Crippen LogP contribution >= 0.6 is 12.4 Å². The summed E-state index contributed by atoms with van der Waals surface area (Å²) in [5, 5.41) is 0. The zero-order chi connectivity index (χ0) is 11.6. The number of carbonyl (C=O) groups excluding carboxylic acids is 1. The van der Waals surface area contributed by atoms with Gasteiger partial charge in [0.05, 0.1) is 0 Å². The summed E-state index contributed by atoms with van der Waals surface area (Å²) in [6, 6.07) is -0.644. The van der Waals surface area contributed by atoms with Gasteiger partial charge in [0.15, 0.2) is 0 Å². The number of halogens is 1. The molecule has 0 aromatic heterocycles. The topological polar surface area (TPSA) is 78.3 Å². The molecule has 1 unspecified atom stereocenters. The van der Waals surface area contributed by atoms with Crippen molar-refractivity contribution in [3.63, 3.8) is 0 Å². The molecule has 0 bridgehead atoms. The lowest BCUT2D eigenvalue weighted by Crippen LogP contribution is -2.45. The SMILES string of the molecule is CC(C)(N)CC(N)C(=O)OC(C)(C)C.Cl. The first-order valence-corrected chi connectivity index (χ1v) is 4.78. The van der Waals surface area contributed by atoms with Crippen LogP contribution in [0.1, 0.15) is 41.0 Å². The lowest BCUT2D eigenvalue weighted by atomic mass is 9.97. The molecule has 0 radical (unpaired) electrons. The standard InChI is InChI=1S/C10H22N2O2.ClH/c1-9(2,3)14-8(13)7(11)6-10(4,5)12;/h7H,6,11-12H2,1-5H3;1H. The zero-order valence-corrected chi connectivity index (χ0v) is 11.0. The van der Waals surface area contributed by atoms with Crippen LogP contribution in [-0.2, 0) is 9.53 Å². The molecule has 0 saturated carbocycles. The Bertz CT molecular complexity index is 206. The first-order chi connectivity index (χ1) is 6.01. The van der Waals surface area contributed by atoms with Gasteiger partial charge in [-0.05, 0) is 41.0 Å². The van der Waals surface area contributed by atoms with Crippen LogP contribution in [0.3, 0.4) is 0 Å². The molecule has 0 rings (SSSR count). The van der Waals surface area contributed by atoms with Crippen LogP contribution in [0.2, 0.25) is 0 Å². The van der Waals surface area contributed by atoms with Gasteiger partial charge >= 0.3 is 5.97 Å². The number of nitrogens with two attached hydrogens (primary N) is 2. The van der Waals surface area contributed by atoms with Crippen molar-refractivity contribution >= 4 is 18.4 Å². The van der Waals surface area contributed by atoms with E-state index in [0.29, 0.717) is 6.42 Å². The predicted octanol–water partition coefficient (Wildman–Crippen LogP) is 1.20. The van der Waals surface area contributed by atoms with Crippen molar-refractivity contribution in [1.82, 2.24) is 0 Å². The van der Waals surface area contributed by atoms with E-state index >= 15 is 0 Å². The Balaban J connectivity index is 0. The van der Waals surface area contributed by atoms with Crippen LogP contribution in [0.5, 0.6) is 0 Å². The Kier molecular flexibility index (Phi) is 6.47. The molecule has 0 fully saturated rings. The summed E-state index contributed by atoms with van der Waals surface area (Å²) in [4.78, 5) is 11.4. The van der Waals surface area contributed by atoms with Crippen LogP contribution in [0.4, 0.5) is 0 Å². The van der Waals surface area contributed by atoms with E-state index in [9.17, 15) is 4.79 Å². The molecule has 0 amide bonds. The molecule has 0 heterocycles. The molecular formula is C10H23ClN2O2. The number of carbonyl (C=O) groups is 1. The molecule has 92 valence electrons. The maximum Gasteiger partial charge on any atom is 0.323 e. The van der Waals surface area contributed by atoms with Gasteiger partial charge in [-0.25, -0.2) is 0 Å². The highest BCUT2D eigenvalue weighted by molar-refractivity contribution is 5.85. The summed E-state index contributed by atoms with van der Waals surface area (Å²) < 4.78 is 5.13. The molecule has 4 nitrogen and oxygen atoms in total. The second-order valence-electron chi connectivity index (χ2n) is 5.33. The van der Waals surface area contributed by atoms with E-state index < -0.39 is 23.2 Å². The first kappa shape index (κ1) is 17.1. The second-order valence-corrected chi connectivity index (χ2v) is 5.33. The molecule has 0 aliphatic rings. The predicted molar refractivity (Wildman–Crippen MR) is 64.0 cm³/mol. The molecule has 0 aliphatic carbocycles. The van der Waals surface area contributed by atoms with Crippen molar-refractivity contribution in [2.45, 2.75) is 58.2 Å². The Hall–Kier alpha value is -0.320. The van der Waals surface area contributed by atoms with Crippen LogP contribution in [-0.4, -0.2) is 23.2 Å².